The van der Waals surface area contributed by atoms with Crippen LogP contribution in [0.2, 0.25) is 10.0 Å². The van der Waals surface area contributed by atoms with E-state index in [-0.39, 0.29) is 0 Å². The quantitative estimate of drug-likeness (QED) is 0.217. The Bertz CT molecular complexity index is 1830. The van der Waals surface area contributed by atoms with Gasteiger partial charge in [0.15, 0.2) is 0 Å². The molecule has 6 aromatic rings. The van der Waals surface area contributed by atoms with Crippen molar-refractivity contribution in [3.8, 4) is 16.9 Å². The molecule has 0 bridgehead atoms. The van der Waals surface area contributed by atoms with Gasteiger partial charge in [-0.25, -0.2) is 0 Å². The molecule has 0 aliphatic carbocycles. The van der Waals surface area contributed by atoms with Gasteiger partial charge in [0.25, 0.3) is 0 Å². The highest BCUT2D eigenvalue weighted by atomic mass is 35.5. The lowest BCUT2D eigenvalue weighted by Crippen LogP contribution is -2.11. The van der Waals surface area contributed by atoms with Gasteiger partial charge in [-0.05, 0) is 71.3 Å². The lowest BCUT2D eigenvalue weighted by molar-refractivity contribution is 0.100. The number of fused-ring (bicyclic) bond motifs is 3. The van der Waals surface area contributed by atoms with Crippen LogP contribution in [-0.2, 0) is 13.2 Å². The smallest absolute Gasteiger partial charge is 0.249 e. The van der Waals surface area contributed by atoms with Crippen molar-refractivity contribution >= 4 is 50.9 Å². The van der Waals surface area contributed by atoms with Gasteiger partial charge in [0.2, 0.25) is 5.91 Å². The number of carbonyl (C=O) groups is 1. The molecule has 0 spiro atoms. The SMILES string of the molecule is NC(=O)c1cccc2c1c1[c]cc(-c3ccc(Cl)cc3Cl)cc1n2Cc1ccc(OCc2ccccc2)cc1. The van der Waals surface area contributed by atoms with Gasteiger partial charge < -0.3 is 15.0 Å². The van der Waals surface area contributed by atoms with E-state index in [1.807, 2.05) is 72.8 Å². The maximum absolute atomic E-state index is 12.3. The summed E-state index contributed by atoms with van der Waals surface area (Å²) in [6.07, 6.45) is 0. The Balaban J connectivity index is 1.41. The van der Waals surface area contributed by atoms with E-state index in [0.29, 0.717) is 28.8 Å². The number of nitrogens with zero attached hydrogens (tertiary/aromatic N) is 1. The van der Waals surface area contributed by atoms with Crippen LogP contribution in [0.5, 0.6) is 5.75 Å². The van der Waals surface area contributed by atoms with Crippen LogP contribution in [0.25, 0.3) is 32.9 Å². The fourth-order valence-electron chi connectivity index (χ4n) is 4.93. The Labute approximate surface area is 236 Å². The van der Waals surface area contributed by atoms with Gasteiger partial charge in [0, 0.05) is 38.5 Å². The molecule has 4 nitrogen and oxygen atoms in total. The maximum atomic E-state index is 12.3. The van der Waals surface area contributed by atoms with Gasteiger partial charge in [-0.2, -0.15) is 0 Å². The van der Waals surface area contributed by atoms with Crippen LogP contribution >= 0.6 is 23.2 Å². The van der Waals surface area contributed by atoms with Crippen LogP contribution in [0.15, 0.2) is 103 Å². The number of halogens is 2. The molecule has 1 radical (unpaired) electrons. The number of benzene rings is 5. The van der Waals surface area contributed by atoms with E-state index in [1.54, 1.807) is 12.1 Å². The lowest BCUT2D eigenvalue weighted by Gasteiger charge is -2.11. The molecule has 0 atom stereocenters. The molecule has 0 saturated carbocycles. The molecule has 2 N–H and O–H groups in total. The first-order valence-electron chi connectivity index (χ1n) is 12.5. The summed E-state index contributed by atoms with van der Waals surface area (Å²) in [6, 6.07) is 36.6. The van der Waals surface area contributed by atoms with E-state index in [2.05, 4.69) is 28.8 Å². The zero-order valence-corrected chi connectivity index (χ0v) is 22.3. The fourth-order valence-corrected chi connectivity index (χ4v) is 5.44. The number of nitrogens with two attached hydrogens (primary N) is 1. The molecule has 6 rings (SSSR count). The maximum Gasteiger partial charge on any atom is 0.249 e. The average molecular weight is 550 g/mol. The standard InChI is InChI=1S/C33H23Cl2N2O2/c34-24-12-16-26(29(35)18-24)23-11-15-27-31(17-23)37(30-8-4-7-28(32(27)30)33(36)38)19-21-9-13-25(14-10-21)39-20-22-5-2-1-3-6-22/h1-14,16-18H,19-20H2,(H2,36,38). The summed E-state index contributed by atoms with van der Waals surface area (Å²) in [7, 11) is 0. The molecule has 0 aliphatic heterocycles. The molecule has 0 aliphatic rings. The molecule has 1 aromatic heterocycles. The van der Waals surface area contributed by atoms with Crippen molar-refractivity contribution in [3.63, 3.8) is 0 Å². The minimum absolute atomic E-state index is 0.467. The highest BCUT2D eigenvalue weighted by Gasteiger charge is 2.18. The van der Waals surface area contributed by atoms with Crippen LogP contribution in [0, 0.1) is 6.07 Å². The third-order valence-corrected chi connectivity index (χ3v) is 7.36. The number of primary amides is 1. The fraction of sp³-hybridized carbons (Fsp3) is 0.0606. The third-order valence-electron chi connectivity index (χ3n) is 6.81. The lowest BCUT2D eigenvalue weighted by atomic mass is 10.0. The third kappa shape index (κ3) is 4.97. The summed E-state index contributed by atoms with van der Waals surface area (Å²) in [4.78, 5) is 12.3. The zero-order valence-electron chi connectivity index (χ0n) is 20.8. The average Bonchev–Trinajstić information content (AvgIpc) is 3.26. The summed E-state index contributed by atoms with van der Waals surface area (Å²) in [5.41, 5.74) is 12.0. The summed E-state index contributed by atoms with van der Waals surface area (Å²) >= 11 is 12.7. The molecular weight excluding hydrogens is 527 g/mol. The molecule has 6 heteroatoms. The van der Waals surface area contributed by atoms with Crippen molar-refractivity contribution in [1.29, 1.82) is 0 Å². The van der Waals surface area contributed by atoms with Gasteiger partial charge >= 0.3 is 0 Å². The second-order valence-corrected chi connectivity index (χ2v) is 10.2. The van der Waals surface area contributed by atoms with Crippen LogP contribution in [0.4, 0.5) is 0 Å². The Morgan fingerprint density at radius 1 is 0.846 bits per heavy atom. The van der Waals surface area contributed by atoms with Crippen LogP contribution in [0.3, 0.4) is 0 Å². The summed E-state index contributed by atoms with van der Waals surface area (Å²) in [5, 5.41) is 2.75. The Morgan fingerprint density at radius 3 is 2.38 bits per heavy atom. The molecule has 1 amide bonds. The molecular formula is C33H23Cl2N2O2. The minimum Gasteiger partial charge on any atom is -0.489 e. The van der Waals surface area contributed by atoms with E-state index in [0.717, 1.165) is 49.8 Å². The molecule has 0 fully saturated rings. The summed E-state index contributed by atoms with van der Waals surface area (Å²) in [5.74, 6) is 0.326. The van der Waals surface area contributed by atoms with Gasteiger partial charge in [-0.3, -0.25) is 4.79 Å². The van der Waals surface area contributed by atoms with Crippen LogP contribution in [0.1, 0.15) is 21.5 Å². The Kier molecular flexibility index (Phi) is 6.74. The molecule has 0 unspecified atom stereocenters. The van der Waals surface area contributed by atoms with Crippen LogP contribution < -0.4 is 10.5 Å². The van der Waals surface area contributed by atoms with E-state index < -0.39 is 5.91 Å². The molecule has 1 heterocycles. The first-order valence-corrected chi connectivity index (χ1v) is 13.2. The number of rotatable bonds is 7. The van der Waals surface area contributed by atoms with Crippen molar-refractivity contribution in [1.82, 2.24) is 4.57 Å². The van der Waals surface area contributed by atoms with Gasteiger partial charge in [0.1, 0.15) is 12.4 Å². The molecule has 191 valence electrons. The van der Waals surface area contributed by atoms with E-state index in [9.17, 15) is 4.79 Å². The Hall–Kier alpha value is -4.25. The number of aromatic nitrogens is 1. The van der Waals surface area contributed by atoms with E-state index >= 15 is 0 Å². The molecule has 5 aromatic carbocycles. The van der Waals surface area contributed by atoms with Crippen molar-refractivity contribution in [3.05, 3.63) is 136 Å². The Morgan fingerprint density at radius 2 is 1.64 bits per heavy atom. The highest BCUT2D eigenvalue weighted by molar-refractivity contribution is 6.36. The van der Waals surface area contributed by atoms with E-state index in [1.165, 1.54) is 0 Å². The first-order chi connectivity index (χ1) is 19.0. The molecule has 39 heavy (non-hydrogen) atoms. The van der Waals surface area contributed by atoms with Gasteiger partial charge in [0.05, 0.1) is 11.0 Å². The topological polar surface area (TPSA) is 57.2 Å². The number of amides is 1. The largest absolute Gasteiger partial charge is 0.489 e. The predicted molar refractivity (Wildman–Crippen MR) is 159 cm³/mol. The second-order valence-electron chi connectivity index (χ2n) is 9.34. The molecule has 0 saturated heterocycles. The minimum atomic E-state index is -0.474. The van der Waals surface area contributed by atoms with Crippen molar-refractivity contribution in [2.75, 3.05) is 0 Å². The highest BCUT2D eigenvalue weighted by Crippen LogP contribution is 2.37. The summed E-state index contributed by atoms with van der Waals surface area (Å²) in [6.45, 7) is 1.08. The normalized spacial score (nSPS) is 11.2. The van der Waals surface area contributed by atoms with Crippen molar-refractivity contribution in [2.45, 2.75) is 13.2 Å². The predicted octanol–water partition coefficient (Wildman–Crippen LogP) is 8.29. The summed E-state index contributed by atoms with van der Waals surface area (Å²) < 4.78 is 8.15. The van der Waals surface area contributed by atoms with Crippen molar-refractivity contribution < 1.29 is 9.53 Å². The van der Waals surface area contributed by atoms with E-state index in [4.69, 9.17) is 33.7 Å². The monoisotopic (exact) mass is 549 g/mol. The first kappa shape index (κ1) is 25.1. The number of hydrogen-bond acceptors (Lipinski definition) is 2. The van der Waals surface area contributed by atoms with Crippen LogP contribution in [-0.4, -0.2) is 10.5 Å². The zero-order chi connectivity index (χ0) is 26.9. The number of hydrogen-bond donors (Lipinski definition) is 1. The van der Waals surface area contributed by atoms with Crippen molar-refractivity contribution in [2.24, 2.45) is 5.73 Å². The van der Waals surface area contributed by atoms with Gasteiger partial charge in [-0.15, -0.1) is 0 Å². The second kappa shape index (κ2) is 10.5. The number of carbonyl (C=O) groups excluding carboxylic acids is 1. The van der Waals surface area contributed by atoms with Gasteiger partial charge in [-0.1, -0.05) is 77.8 Å². The number of ether oxygens (including phenoxy) is 1.